The number of aromatic nitrogens is 2. The van der Waals surface area contributed by atoms with Crippen LogP contribution in [0.15, 0.2) is 47.7 Å². The van der Waals surface area contributed by atoms with Crippen molar-refractivity contribution in [2.75, 3.05) is 5.32 Å². The molecule has 2 N–H and O–H groups in total. The molecule has 2 aromatic rings. The molecule has 0 aliphatic carbocycles. The summed E-state index contributed by atoms with van der Waals surface area (Å²) in [5, 5.41) is 2.53. The van der Waals surface area contributed by atoms with Crippen LogP contribution in [0.2, 0.25) is 0 Å². The van der Waals surface area contributed by atoms with Crippen molar-refractivity contribution in [3.63, 3.8) is 0 Å². The first-order valence-electron chi connectivity index (χ1n) is 4.67. The Morgan fingerprint density at radius 2 is 2.19 bits per heavy atom. The minimum atomic E-state index is -0.472. The second-order valence-electron chi connectivity index (χ2n) is 3.09. The second-order valence-corrected chi connectivity index (χ2v) is 3.09. The molecule has 5 nitrogen and oxygen atoms in total. The standard InChI is InChI=1S/C11H9N3O2/c15-9-4-6-12-7-8(9)11(16)14-10-3-1-2-5-13-10/h1-7H,(H,12,15)(H,13,14,16). The van der Waals surface area contributed by atoms with Gasteiger partial charge < -0.3 is 10.3 Å². The fourth-order valence-electron chi connectivity index (χ4n) is 1.21. The van der Waals surface area contributed by atoms with E-state index in [9.17, 15) is 9.59 Å². The van der Waals surface area contributed by atoms with E-state index in [4.69, 9.17) is 0 Å². The average Bonchev–Trinajstić information content (AvgIpc) is 2.31. The molecule has 0 bridgehead atoms. The summed E-state index contributed by atoms with van der Waals surface area (Å²) in [5.74, 6) is -0.0590. The van der Waals surface area contributed by atoms with Crippen LogP contribution < -0.4 is 10.7 Å². The lowest BCUT2D eigenvalue weighted by atomic mass is 10.2. The smallest absolute Gasteiger partial charge is 0.262 e. The predicted octanol–water partition coefficient (Wildman–Crippen LogP) is 1.02. The van der Waals surface area contributed by atoms with Gasteiger partial charge in [-0.25, -0.2) is 4.98 Å². The molecule has 0 atom stereocenters. The summed E-state index contributed by atoms with van der Waals surface area (Å²) in [6, 6.07) is 6.44. The van der Waals surface area contributed by atoms with Gasteiger partial charge in [-0.05, 0) is 12.1 Å². The van der Waals surface area contributed by atoms with Crippen molar-refractivity contribution in [2.45, 2.75) is 0 Å². The van der Waals surface area contributed by atoms with Crippen molar-refractivity contribution < 1.29 is 4.79 Å². The summed E-state index contributed by atoms with van der Waals surface area (Å²) in [4.78, 5) is 29.6. The van der Waals surface area contributed by atoms with E-state index < -0.39 is 5.91 Å². The highest BCUT2D eigenvalue weighted by molar-refractivity contribution is 6.03. The predicted molar refractivity (Wildman–Crippen MR) is 59.3 cm³/mol. The number of carbonyl (C=O) groups is 1. The molecule has 0 aliphatic rings. The maximum atomic E-state index is 11.7. The number of amides is 1. The molecule has 0 saturated carbocycles. The molecule has 0 fully saturated rings. The zero-order valence-electron chi connectivity index (χ0n) is 8.31. The van der Waals surface area contributed by atoms with Crippen LogP contribution in [0, 0.1) is 0 Å². The lowest BCUT2D eigenvalue weighted by Crippen LogP contribution is -2.21. The van der Waals surface area contributed by atoms with Crippen molar-refractivity contribution in [3.8, 4) is 0 Å². The number of hydrogen-bond donors (Lipinski definition) is 2. The van der Waals surface area contributed by atoms with Gasteiger partial charge in [-0.2, -0.15) is 0 Å². The Hall–Kier alpha value is -2.43. The number of nitrogens with zero attached hydrogens (tertiary/aromatic N) is 1. The van der Waals surface area contributed by atoms with Gasteiger partial charge in [0.05, 0.1) is 0 Å². The molecule has 0 unspecified atom stereocenters. The molecular weight excluding hydrogens is 206 g/mol. The molecule has 1 amide bonds. The molecule has 2 rings (SSSR count). The number of nitrogens with one attached hydrogen (secondary N) is 2. The van der Waals surface area contributed by atoms with Crippen LogP contribution in [-0.4, -0.2) is 15.9 Å². The summed E-state index contributed by atoms with van der Waals surface area (Å²) in [6.45, 7) is 0. The molecule has 0 aromatic carbocycles. The van der Waals surface area contributed by atoms with Crippen molar-refractivity contribution in [1.29, 1.82) is 0 Å². The number of hydrogen-bond acceptors (Lipinski definition) is 3. The first-order valence-corrected chi connectivity index (χ1v) is 4.67. The number of rotatable bonds is 2. The van der Waals surface area contributed by atoms with E-state index in [1.807, 2.05) is 0 Å². The highest BCUT2D eigenvalue weighted by atomic mass is 16.2. The van der Waals surface area contributed by atoms with Crippen molar-refractivity contribution in [2.24, 2.45) is 0 Å². The van der Waals surface area contributed by atoms with E-state index in [1.165, 1.54) is 18.5 Å². The second kappa shape index (κ2) is 4.39. The molecule has 2 aromatic heterocycles. The van der Waals surface area contributed by atoms with Gasteiger partial charge in [-0.15, -0.1) is 0 Å². The van der Waals surface area contributed by atoms with Crippen LogP contribution in [0.1, 0.15) is 10.4 Å². The summed E-state index contributed by atoms with van der Waals surface area (Å²) < 4.78 is 0. The van der Waals surface area contributed by atoms with E-state index in [0.29, 0.717) is 5.82 Å². The molecule has 5 heteroatoms. The summed E-state index contributed by atoms with van der Waals surface area (Å²) >= 11 is 0. The van der Waals surface area contributed by atoms with Crippen LogP contribution >= 0.6 is 0 Å². The quantitative estimate of drug-likeness (QED) is 0.785. The number of aromatic amines is 1. The summed E-state index contributed by atoms with van der Waals surface area (Å²) in [6.07, 6.45) is 4.39. The van der Waals surface area contributed by atoms with Crippen LogP contribution in [0.25, 0.3) is 0 Å². The van der Waals surface area contributed by atoms with E-state index in [0.717, 1.165) is 0 Å². The van der Waals surface area contributed by atoms with Crippen LogP contribution in [0.3, 0.4) is 0 Å². The SMILES string of the molecule is O=C(Nc1ccccn1)c1c[nH]ccc1=O. The molecule has 0 spiro atoms. The Morgan fingerprint density at radius 1 is 1.31 bits per heavy atom. The van der Waals surface area contributed by atoms with Crippen LogP contribution in [0.5, 0.6) is 0 Å². The van der Waals surface area contributed by atoms with Crippen molar-refractivity contribution in [3.05, 3.63) is 58.6 Å². The zero-order chi connectivity index (χ0) is 11.4. The normalized spacial score (nSPS) is 9.75. The lowest BCUT2D eigenvalue weighted by Gasteiger charge is -2.02. The highest BCUT2D eigenvalue weighted by Crippen LogP contribution is 2.01. The lowest BCUT2D eigenvalue weighted by molar-refractivity contribution is 0.102. The van der Waals surface area contributed by atoms with Crippen LogP contribution in [-0.2, 0) is 0 Å². The third kappa shape index (κ3) is 2.14. The van der Waals surface area contributed by atoms with Crippen molar-refractivity contribution in [1.82, 2.24) is 9.97 Å². The van der Waals surface area contributed by atoms with E-state index >= 15 is 0 Å². The third-order valence-corrected chi connectivity index (χ3v) is 1.98. The Labute approximate surface area is 91.2 Å². The first kappa shape index (κ1) is 10.1. The van der Waals surface area contributed by atoms with Gasteiger partial charge in [0.25, 0.3) is 5.91 Å². The zero-order valence-corrected chi connectivity index (χ0v) is 8.31. The largest absolute Gasteiger partial charge is 0.367 e. The highest BCUT2D eigenvalue weighted by Gasteiger charge is 2.09. The fraction of sp³-hybridized carbons (Fsp3) is 0. The summed E-state index contributed by atoms with van der Waals surface area (Å²) in [5.41, 5.74) is -0.264. The fourth-order valence-corrected chi connectivity index (χ4v) is 1.21. The Morgan fingerprint density at radius 3 is 2.88 bits per heavy atom. The van der Waals surface area contributed by atoms with Gasteiger partial charge >= 0.3 is 0 Å². The molecule has 2 heterocycles. The minimum Gasteiger partial charge on any atom is -0.367 e. The van der Waals surface area contributed by atoms with Gasteiger partial charge in [0.2, 0.25) is 0 Å². The molecule has 0 aliphatic heterocycles. The number of carbonyl (C=O) groups excluding carboxylic acids is 1. The Balaban J connectivity index is 2.22. The molecule has 80 valence electrons. The maximum absolute atomic E-state index is 11.7. The maximum Gasteiger partial charge on any atom is 0.262 e. The van der Waals surface area contributed by atoms with E-state index in [-0.39, 0.29) is 11.0 Å². The van der Waals surface area contributed by atoms with Crippen LogP contribution in [0.4, 0.5) is 5.82 Å². The monoisotopic (exact) mass is 215 g/mol. The van der Waals surface area contributed by atoms with Crippen molar-refractivity contribution >= 4 is 11.7 Å². The van der Waals surface area contributed by atoms with E-state index in [1.54, 1.807) is 24.4 Å². The minimum absolute atomic E-state index is 0.0631. The summed E-state index contributed by atoms with van der Waals surface area (Å²) in [7, 11) is 0. The van der Waals surface area contributed by atoms with Gasteiger partial charge in [0, 0.05) is 24.7 Å². The molecule has 0 saturated heterocycles. The topological polar surface area (TPSA) is 74.8 Å². The molecule has 16 heavy (non-hydrogen) atoms. The number of H-pyrrole nitrogens is 1. The molecular formula is C11H9N3O2. The van der Waals surface area contributed by atoms with Gasteiger partial charge in [-0.1, -0.05) is 6.07 Å². The molecule has 0 radical (unpaired) electrons. The van der Waals surface area contributed by atoms with Gasteiger partial charge in [-0.3, -0.25) is 9.59 Å². The first-order chi connectivity index (χ1) is 7.77. The third-order valence-electron chi connectivity index (χ3n) is 1.98. The number of anilines is 1. The van der Waals surface area contributed by atoms with E-state index in [2.05, 4.69) is 15.3 Å². The average molecular weight is 215 g/mol. The van der Waals surface area contributed by atoms with Gasteiger partial charge in [0.15, 0.2) is 5.43 Å². The number of pyridine rings is 2. The Kier molecular flexibility index (Phi) is 2.77. The Bertz CT molecular complexity index is 548. The van der Waals surface area contributed by atoms with Gasteiger partial charge in [0.1, 0.15) is 11.4 Å².